The zero-order chi connectivity index (χ0) is 28.7. The van der Waals surface area contributed by atoms with Crippen LogP contribution >= 0.6 is 50.7 Å². The van der Waals surface area contributed by atoms with Crippen LogP contribution in [0.2, 0.25) is 15.2 Å². The van der Waals surface area contributed by atoms with Gasteiger partial charge in [-0.25, -0.2) is 14.1 Å². The molecule has 206 valence electrons. The maximum Gasteiger partial charge on any atom is 0.141 e. The van der Waals surface area contributed by atoms with E-state index >= 15 is 0 Å². The Morgan fingerprint density at radius 3 is 2.61 bits per heavy atom. The molecule has 2 N–H and O–H groups in total. The highest BCUT2D eigenvalue weighted by molar-refractivity contribution is 9.10. The number of benzene rings is 2. The standard InChI is InChI=1S/C27H17BrCl3FN8O/c28-14-3-19(27(31)35-9-14)26(23-10-40(39-38-23)17-11-41-12-17)37-16-4-18-24(36-15-1-2-22(32)20(29)5-15)13(7-33)8-34-25(18)21(30)6-16/h1-6,8-10,17,26,37H,11-12H2,(H,34,36)/t26-/m0/s1. The fourth-order valence-electron chi connectivity index (χ4n) is 4.38. The van der Waals surface area contributed by atoms with Crippen molar-refractivity contribution in [2.45, 2.75) is 12.1 Å². The highest BCUT2D eigenvalue weighted by Crippen LogP contribution is 2.38. The van der Waals surface area contributed by atoms with E-state index in [1.165, 1.54) is 24.4 Å². The molecule has 1 atom stereocenters. The molecule has 0 radical (unpaired) electrons. The third kappa shape index (κ3) is 5.54. The van der Waals surface area contributed by atoms with Crippen LogP contribution in [0.1, 0.15) is 28.9 Å². The molecule has 1 saturated heterocycles. The Morgan fingerprint density at radius 2 is 1.88 bits per heavy atom. The first-order valence-electron chi connectivity index (χ1n) is 12.1. The average Bonchev–Trinajstić information content (AvgIpc) is 3.39. The summed E-state index contributed by atoms with van der Waals surface area (Å²) in [7, 11) is 0. The van der Waals surface area contributed by atoms with Gasteiger partial charge in [0.25, 0.3) is 0 Å². The van der Waals surface area contributed by atoms with Crippen molar-refractivity contribution in [3.63, 3.8) is 0 Å². The number of rotatable bonds is 7. The SMILES string of the molecule is N#Cc1cnc2c(Cl)cc(N[C@H](c3cn(C4COC4)nn3)c3cc(Br)cnc3Cl)cc2c1Nc1ccc(F)c(Cl)c1. The maximum atomic E-state index is 13.8. The number of halogens is 5. The van der Waals surface area contributed by atoms with Gasteiger partial charge in [-0.1, -0.05) is 40.0 Å². The summed E-state index contributed by atoms with van der Waals surface area (Å²) in [5, 5.41) is 26.3. The van der Waals surface area contributed by atoms with Crippen molar-refractivity contribution >= 4 is 78.7 Å². The van der Waals surface area contributed by atoms with Crippen LogP contribution in [0.3, 0.4) is 0 Å². The highest BCUT2D eigenvalue weighted by Gasteiger charge is 2.27. The van der Waals surface area contributed by atoms with Crippen LogP contribution in [0.15, 0.2) is 59.5 Å². The smallest absolute Gasteiger partial charge is 0.141 e. The first-order chi connectivity index (χ1) is 19.8. The third-order valence-electron chi connectivity index (χ3n) is 6.51. The van der Waals surface area contributed by atoms with E-state index in [1.54, 1.807) is 23.0 Å². The lowest BCUT2D eigenvalue weighted by molar-refractivity contribution is -0.0293. The van der Waals surface area contributed by atoms with Crippen molar-refractivity contribution in [3.8, 4) is 6.07 Å². The largest absolute Gasteiger partial charge is 0.377 e. The van der Waals surface area contributed by atoms with Crippen molar-refractivity contribution in [3.05, 3.63) is 97.3 Å². The number of nitrogens with zero attached hydrogens (tertiary/aromatic N) is 6. The lowest BCUT2D eigenvalue weighted by Crippen LogP contribution is -2.31. The van der Waals surface area contributed by atoms with Crippen LogP contribution in [-0.2, 0) is 4.74 Å². The molecular weight excluding hydrogens is 658 g/mol. The van der Waals surface area contributed by atoms with Gasteiger partial charge >= 0.3 is 0 Å². The number of hydrogen-bond acceptors (Lipinski definition) is 8. The quantitative estimate of drug-likeness (QED) is 0.171. The maximum absolute atomic E-state index is 13.8. The number of nitriles is 1. The summed E-state index contributed by atoms with van der Waals surface area (Å²) in [6, 6.07) is 11.2. The van der Waals surface area contributed by atoms with E-state index in [1.807, 2.05) is 12.3 Å². The average molecular weight is 675 g/mol. The normalized spacial score (nSPS) is 14.0. The predicted molar refractivity (Wildman–Crippen MR) is 158 cm³/mol. The molecule has 0 aliphatic carbocycles. The van der Waals surface area contributed by atoms with Gasteiger partial charge in [0.05, 0.1) is 46.2 Å². The Hall–Kier alpha value is -3.53. The lowest BCUT2D eigenvalue weighted by atomic mass is 10.0. The third-order valence-corrected chi connectivity index (χ3v) is 7.83. The Morgan fingerprint density at radius 1 is 1.07 bits per heavy atom. The number of aromatic nitrogens is 5. The van der Waals surface area contributed by atoms with Crippen molar-refractivity contribution < 1.29 is 9.13 Å². The molecule has 9 nitrogen and oxygen atoms in total. The summed E-state index contributed by atoms with van der Waals surface area (Å²) < 4.78 is 21.6. The van der Waals surface area contributed by atoms with Crippen molar-refractivity contribution in [2.24, 2.45) is 0 Å². The molecule has 41 heavy (non-hydrogen) atoms. The minimum atomic E-state index is -0.574. The van der Waals surface area contributed by atoms with E-state index in [2.05, 4.69) is 52.9 Å². The Kier molecular flexibility index (Phi) is 7.68. The number of pyridine rings is 2. The van der Waals surface area contributed by atoms with Crippen LogP contribution in [0.4, 0.5) is 21.5 Å². The molecule has 1 fully saturated rings. The number of anilines is 3. The molecule has 0 bridgehead atoms. The summed E-state index contributed by atoms with van der Waals surface area (Å²) in [4.78, 5) is 8.69. The molecule has 0 amide bonds. The molecule has 4 heterocycles. The number of hydrogen-bond donors (Lipinski definition) is 2. The van der Waals surface area contributed by atoms with Gasteiger partial charge in [0.15, 0.2) is 0 Å². The van der Waals surface area contributed by atoms with E-state index in [0.29, 0.717) is 57.5 Å². The molecule has 5 aromatic rings. The molecule has 0 spiro atoms. The van der Waals surface area contributed by atoms with Crippen molar-refractivity contribution in [1.82, 2.24) is 25.0 Å². The van der Waals surface area contributed by atoms with Gasteiger partial charge in [-0.15, -0.1) is 5.10 Å². The molecule has 2 aromatic carbocycles. The van der Waals surface area contributed by atoms with Gasteiger partial charge < -0.3 is 15.4 Å². The van der Waals surface area contributed by atoms with Crippen LogP contribution in [-0.4, -0.2) is 38.2 Å². The van der Waals surface area contributed by atoms with Gasteiger partial charge in [-0.05, 0) is 52.3 Å². The Bertz CT molecular complexity index is 1840. The molecule has 1 aliphatic rings. The predicted octanol–water partition coefficient (Wildman–Crippen LogP) is 7.47. The van der Waals surface area contributed by atoms with Gasteiger partial charge in [0.1, 0.15) is 34.8 Å². The second-order valence-corrected chi connectivity index (χ2v) is 11.3. The Labute approximate surface area is 256 Å². The van der Waals surface area contributed by atoms with Gasteiger partial charge in [-0.2, -0.15) is 5.26 Å². The summed E-state index contributed by atoms with van der Waals surface area (Å²) in [5.74, 6) is -0.555. The van der Waals surface area contributed by atoms with E-state index < -0.39 is 11.9 Å². The van der Waals surface area contributed by atoms with E-state index in [-0.39, 0.29) is 21.8 Å². The summed E-state index contributed by atoms with van der Waals surface area (Å²) >= 11 is 22.7. The fourth-order valence-corrected chi connectivity index (χ4v) is 5.39. The molecule has 3 aromatic heterocycles. The summed E-state index contributed by atoms with van der Waals surface area (Å²) in [6.45, 7) is 1.12. The molecule has 14 heteroatoms. The molecular formula is C27H17BrCl3FN8O. The monoisotopic (exact) mass is 672 g/mol. The highest BCUT2D eigenvalue weighted by atomic mass is 79.9. The molecule has 1 aliphatic heterocycles. The number of ether oxygens (including phenoxy) is 1. The Balaban J connectivity index is 1.45. The van der Waals surface area contributed by atoms with Crippen LogP contribution in [0.25, 0.3) is 10.9 Å². The zero-order valence-electron chi connectivity index (χ0n) is 20.7. The number of fused-ring (bicyclic) bond motifs is 1. The summed E-state index contributed by atoms with van der Waals surface area (Å²) in [5.41, 5.74) is 3.46. The van der Waals surface area contributed by atoms with E-state index in [0.717, 1.165) is 4.47 Å². The van der Waals surface area contributed by atoms with Crippen molar-refractivity contribution in [1.29, 1.82) is 5.26 Å². The van der Waals surface area contributed by atoms with Crippen LogP contribution in [0, 0.1) is 17.1 Å². The first kappa shape index (κ1) is 27.6. The molecule has 0 saturated carbocycles. The van der Waals surface area contributed by atoms with Crippen LogP contribution < -0.4 is 10.6 Å². The topological polar surface area (TPSA) is 114 Å². The minimum absolute atomic E-state index is 0.0591. The van der Waals surface area contributed by atoms with Crippen molar-refractivity contribution in [2.75, 3.05) is 23.8 Å². The second kappa shape index (κ2) is 11.4. The van der Waals surface area contributed by atoms with E-state index in [4.69, 9.17) is 39.5 Å². The molecule has 6 rings (SSSR count). The fraction of sp³-hybridized carbons (Fsp3) is 0.148. The number of nitrogens with one attached hydrogen (secondary N) is 2. The van der Waals surface area contributed by atoms with Crippen LogP contribution in [0.5, 0.6) is 0 Å². The first-order valence-corrected chi connectivity index (χ1v) is 14.0. The lowest BCUT2D eigenvalue weighted by Gasteiger charge is -2.25. The van der Waals surface area contributed by atoms with E-state index in [9.17, 15) is 9.65 Å². The van der Waals surface area contributed by atoms with Gasteiger partial charge in [0, 0.05) is 39.2 Å². The molecule has 0 unspecified atom stereocenters. The van der Waals surface area contributed by atoms with Gasteiger partial charge in [0.2, 0.25) is 0 Å². The van der Waals surface area contributed by atoms with Gasteiger partial charge in [-0.3, -0.25) is 4.98 Å². The zero-order valence-corrected chi connectivity index (χ0v) is 24.6. The second-order valence-electron chi connectivity index (χ2n) is 9.19. The summed E-state index contributed by atoms with van der Waals surface area (Å²) in [6.07, 6.45) is 4.87. The minimum Gasteiger partial charge on any atom is -0.377 e.